The molecule has 1 saturated carbocycles. The summed E-state index contributed by atoms with van der Waals surface area (Å²) in [5.41, 5.74) is 5.04. The highest BCUT2D eigenvalue weighted by molar-refractivity contribution is 5.99. The van der Waals surface area contributed by atoms with Crippen LogP contribution in [0, 0.1) is 5.92 Å². The molecule has 0 amide bonds. The number of aliphatic hydroxyl groups is 1. The molecule has 1 aliphatic carbocycles. The molecule has 0 saturated heterocycles. The summed E-state index contributed by atoms with van der Waals surface area (Å²) >= 11 is 0. The van der Waals surface area contributed by atoms with Gasteiger partial charge < -0.3 is 15.0 Å². The molecule has 2 N–H and O–H groups in total. The summed E-state index contributed by atoms with van der Waals surface area (Å²) in [6.07, 6.45) is 10.2. The highest BCUT2D eigenvalue weighted by Crippen LogP contribution is 2.41. The Morgan fingerprint density at radius 2 is 1.94 bits per heavy atom. The van der Waals surface area contributed by atoms with Crippen molar-refractivity contribution >= 4 is 11.3 Å². The molecular weight excluding hydrogens is 414 g/mol. The fraction of sp³-hybridized carbons (Fsp3) is 0.200. The molecule has 1 aliphatic rings. The van der Waals surface area contributed by atoms with E-state index in [1.54, 1.807) is 12.4 Å². The van der Waals surface area contributed by atoms with Crippen molar-refractivity contribution in [2.24, 2.45) is 13.0 Å². The number of aromatic nitrogens is 6. The van der Waals surface area contributed by atoms with Crippen LogP contribution in [-0.2, 0) is 7.05 Å². The Bertz CT molecular complexity index is 1430. The van der Waals surface area contributed by atoms with Crippen molar-refractivity contribution in [3.63, 3.8) is 0 Å². The first-order valence-corrected chi connectivity index (χ1v) is 11.0. The third-order valence-electron chi connectivity index (χ3n) is 6.17. The Kier molecular flexibility index (Phi) is 4.66. The van der Waals surface area contributed by atoms with E-state index in [4.69, 9.17) is 10.1 Å². The molecule has 1 fully saturated rings. The van der Waals surface area contributed by atoms with E-state index >= 15 is 0 Å². The van der Waals surface area contributed by atoms with Crippen molar-refractivity contribution in [3.8, 4) is 33.9 Å². The van der Waals surface area contributed by atoms with Gasteiger partial charge in [0.15, 0.2) is 11.6 Å². The molecular formula is C25H23N7O. The number of nitrogens with zero attached hydrogens (tertiary/aromatic N) is 6. The van der Waals surface area contributed by atoms with Crippen molar-refractivity contribution in [1.82, 2.24) is 29.1 Å². The van der Waals surface area contributed by atoms with E-state index in [2.05, 4.69) is 33.5 Å². The van der Waals surface area contributed by atoms with Crippen LogP contribution in [0.2, 0.25) is 0 Å². The summed E-state index contributed by atoms with van der Waals surface area (Å²) in [5.74, 6) is 2.20. The van der Waals surface area contributed by atoms with Gasteiger partial charge in [0.05, 0.1) is 0 Å². The second-order valence-corrected chi connectivity index (χ2v) is 8.39. The maximum atomic E-state index is 9.60. The van der Waals surface area contributed by atoms with Crippen molar-refractivity contribution in [1.29, 1.82) is 0 Å². The molecule has 4 heterocycles. The third kappa shape index (κ3) is 3.44. The quantitative estimate of drug-likeness (QED) is 0.421. The molecule has 0 aliphatic heterocycles. The summed E-state index contributed by atoms with van der Waals surface area (Å²) in [6, 6.07) is 14.4. The van der Waals surface area contributed by atoms with Gasteiger partial charge in [-0.2, -0.15) is 0 Å². The molecule has 6 rings (SSSR count). The second kappa shape index (κ2) is 7.83. The lowest BCUT2D eigenvalue weighted by Crippen LogP contribution is -2.12. The van der Waals surface area contributed by atoms with Crippen molar-refractivity contribution in [2.45, 2.75) is 12.5 Å². The van der Waals surface area contributed by atoms with Gasteiger partial charge in [-0.1, -0.05) is 36.4 Å². The Morgan fingerprint density at radius 3 is 2.64 bits per heavy atom. The van der Waals surface area contributed by atoms with Gasteiger partial charge in [-0.25, -0.2) is 14.5 Å². The van der Waals surface area contributed by atoms with E-state index in [1.165, 1.54) is 0 Å². The number of aliphatic hydroxyl groups excluding tert-OH is 1. The lowest BCUT2D eigenvalue weighted by Gasteiger charge is -2.12. The number of fused-ring (bicyclic) bond motifs is 1. The molecule has 8 heteroatoms. The average Bonchev–Trinajstić information content (AvgIpc) is 3.27. The zero-order chi connectivity index (χ0) is 22.4. The van der Waals surface area contributed by atoms with Crippen molar-refractivity contribution in [2.75, 3.05) is 11.9 Å². The molecule has 0 unspecified atom stereocenters. The first-order chi connectivity index (χ1) is 16.2. The molecule has 0 bridgehead atoms. The van der Waals surface area contributed by atoms with Crippen LogP contribution in [0.5, 0.6) is 0 Å². The van der Waals surface area contributed by atoms with E-state index in [9.17, 15) is 5.11 Å². The van der Waals surface area contributed by atoms with Gasteiger partial charge in [0.2, 0.25) is 5.82 Å². The van der Waals surface area contributed by atoms with E-state index in [-0.39, 0.29) is 18.6 Å². The molecule has 0 spiro atoms. The standard InChI is InChI=1S/C25H23N7O/c1-31-11-10-27-25(31)24-29-23(28-20-12-18(20)15-33)22-21(16-6-3-2-4-7-16)19(14-32(22)30-24)17-8-5-9-26-13-17/h2-11,13-14,18,20,33H,12,15H2,1H3,(H,28,29,30)/t18-,20+/m0/s1. The molecule has 5 aromatic rings. The number of benzene rings is 1. The summed E-state index contributed by atoms with van der Waals surface area (Å²) in [5, 5.41) is 18.0. The topological polar surface area (TPSA) is 93.2 Å². The summed E-state index contributed by atoms with van der Waals surface area (Å²) in [7, 11) is 1.93. The summed E-state index contributed by atoms with van der Waals surface area (Å²) in [6.45, 7) is 0.165. The average molecular weight is 438 g/mol. The first kappa shape index (κ1) is 19.6. The molecule has 33 heavy (non-hydrogen) atoms. The predicted octanol–water partition coefficient (Wildman–Crippen LogP) is 3.65. The normalized spacial score (nSPS) is 17.4. The third-order valence-corrected chi connectivity index (χ3v) is 6.17. The van der Waals surface area contributed by atoms with Crippen LogP contribution in [0.4, 0.5) is 5.82 Å². The minimum Gasteiger partial charge on any atom is -0.396 e. The van der Waals surface area contributed by atoms with E-state index < -0.39 is 0 Å². The molecule has 1 aromatic carbocycles. The van der Waals surface area contributed by atoms with Crippen molar-refractivity contribution in [3.05, 3.63) is 73.4 Å². The monoisotopic (exact) mass is 437 g/mol. The van der Waals surface area contributed by atoms with Crippen LogP contribution >= 0.6 is 0 Å². The Balaban J connectivity index is 1.64. The van der Waals surface area contributed by atoms with Gasteiger partial charge in [-0.15, -0.1) is 5.10 Å². The Hall–Kier alpha value is -4.04. The summed E-state index contributed by atoms with van der Waals surface area (Å²) < 4.78 is 3.79. The van der Waals surface area contributed by atoms with Crippen LogP contribution in [-0.4, -0.2) is 46.9 Å². The number of aryl methyl sites for hydroxylation is 1. The second-order valence-electron chi connectivity index (χ2n) is 8.39. The van der Waals surface area contributed by atoms with E-state index in [1.807, 2.05) is 59.0 Å². The van der Waals surface area contributed by atoms with Gasteiger partial charge in [0.1, 0.15) is 5.52 Å². The number of imidazole rings is 1. The minimum atomic E-state index is 0.165. The van der Waals surface area contributed by atoms with Gasteiger partial charge in [-0.05, 0) is 18.1 Å². The number of hydrogen-bond acceptors (Lipinski definition) is 6. The van der Waals surface area contributed by atoms with Gasteiger partial charge in [-0.3, -0.25) is 4.98 Å². The Labute approximate surface area is 190 Å². The lowest BCUT2D eigenvalue weighted by atomic mass is 9.98. The zero-order valence-corrected chi connectivity index (χ0v) is 18.1. The number of nitrogens with one attached hydrogen (secondary N) is 1. The molecule has 2 atom stereocenters. The number of anilines is 1. The van der Waals surface area contributed by atoms with Crippen LogP contribution < -0.4 is 5.32 Å². The maximum absolute atomic E-state index is 9.60. The van der Waals surface area contributed by atoms with Crippen LogP contribution in [0.1, 0.15) is 6.42 Å². The largest absolute Gasteiger partial charge is 0.396 e. The molecule has 164 valence electrons. The first-order valence-electron chi connectivity index (χ1n) is 11.0. The minimum absolute atomic E-state index is 0.165. The number of rotatable bonds is 6. The Morgan fingerprint density at radius 1 is 1.09 bits per heavy atom. The molecule has 8 nitrogen and oxygen atoms in total. The SMILES string of the molecule is Cn1ccnc1-c1nc(N[C@@H]2C[C@H]2CO)c2c(-c3ccccc3)c(-c3cccnc3)cn2n1. The highest BCUT2D eigenvalue weighted by Gasteiger charge is 2.37. The zero-order valence-electron chi connectivity index (χ0n) is 18.1. The van der Waals surface area contributed by atoms with Gasteiger partial charge in [0.25, 0.3) is 0 Å². The van der Waals surface area contributed by atoms with Gasteiger partial charge in [0, 0.05) is 73.3 Å². The fourth-order valence-corrected chi connectivity index (χ4v) is 4.30. The van der Waals surface area contributed by atoms with E-state index in [0.29, 0.717) is 11.6 Å². The van der Waals surface area contributed by atoms with Crippen molar-refractivity contribution < 1.29 is 5.11 Å². The van der Waals surface area contributed by atoms with E-state index in [0.717, 1.165) is 40.0 Å². The summed E-state index contributed by atoms with van der Waals surface area (Å²) in [4.78, 5) is 13.7. The van der Waals surface area contributed by atoms with Crippen LogP contribution in [0.15, 0.2) is 73.4 Å². The fourth-order valence-electron chi connectivity index (χ4n) is 4.30. The predicted molar refractivity (Wildman–Crippen MR) is 126 cm³/mol. The smallest absolute Gasteiger partial charge is 0.218 e. The molecule has 0 radical (unpaired) electrons. The van der Waals surface area contributed by atoms with Crippen LogP contribution in [0.25, 0.3) is 39.4 Å². The number of hydrogen-bond donors (Lipinski definition) is 2. The van der Waals surface area contributed by atoms with Crippen LogP contribution in [0.3, 0.4) is 0 Å². The number of pyridine rings is 1. The maximum Gasteiger partial charge on any atom is 0.218 e. The lowest BCUT2D eigenvalue weighted by molar-refractivity contribution is 0.275. The van der Waals surface area contributed by atoms with Gasteiger partial charge >= 0.3 is 0 Å². The highest BCUT2D eigenvalue weighted by atomic mass is 16.3. The molecule has 4 aromatic heterocycles.